The maximum atomic E-state index is 12.8. The maximum absolute atomic E-state index is 12.8. The van der Waals surface area contributed by atoms with Crippen molar-refractivity contribution < 1.29 is 17.9 Å². The van der Waals surface area contributed by atoms with Crippen molar-refractivity contribution in [1.29, 1.82) is 0 Å². The first-order chi connectivity index (χ1) is 13.9. The highest BCUT2D eigenvalue weighted by Crippen LogP contribution is 2.30. The first-order valence-corrected chi connectivity index (χ1v) is 11.1. The minimum atomic E-state index is -3.82. The minimum Gasteiger partial charge on any atom is -0.497 e. The van der Waals surface area contributed by atoms with Crippen LogP contribution in [0.2, 0.25) is 0 Å². The lowest BCUT2D eigenvalue weighted by atomic mass is 10.1. The number of hydrogen-bond donors (Lipinski definition) is 1. The van der Waals surface area contributed by atoms with E-state index in [1.54, 1.807) is 29.5 Å². The Bertz CT molecular complexity index is 1280. The summed E-state index contributed by atoms with van der Waals surface area (Å²) in [6.07, 6.45) is 1.97. The molecule has 0 amide bonds. The number of aryl methyl sites for hydroxylation is 1. The zero-order valence-corrected chi connectivity index (χ0v) is 17.7. The van der Waals surface area contributed by atoms with Gasteiger partial charge in [-0.3, -0.25) is 9.12 Å². The van der Waals surface area contributed by atoms with Crippen molar-refractivity contribution in [3.05, 3.63) is 59.7 Å². The number of ether oxygens (including phenoxy) is 2. The predicted molar refractivity (Wildman–Crippen MR) is 114 cm³/mol. The Morgan fingerprint density at radius 1 is 1.07 bits per heavy atom. The SMILES string of the molecule is COc1ccc(S(=O)(=O)Nc2ccc(-c3cn4c(C)csc4n3)cc2)c(OC)c1. The molecule has 4 aromatic rings. The van der Waals surface area contributed by atoms with Crippen molar-refractivity contribution in [3.63, 3.8) is 0 Å². The molecule has 29 heavy (non-hydrogen) atoms. The zero-order valence-electron chi connectivity index (χ0n) is 16.0. The third-order valence-electron chi connectivity index (χ3n) is 4.48. The number of benzene rings is 2. The molecule has 0 saturated heterocycles. The highest BCUT2D eigenvalue weighted by Gasteiger charge is 2.20. The molecule has 1 N–H and O–H groups in total. The number of thiazole rings is 1. The van der Waals surface area contributed by atoms with Crippen molar-refractivity contribution in [2.45, 2.75) is 11.8 Å². The molecule has 0 radical (unpaired) electrons. The van der Waals surface area contributed by atoms with Gasteiger partial charge in [0.2, 0.25) is 0 Å². The van der Waals surface area contributed by atoms with Gasteiger partial charge in [0, 0.05) is 34.6 Å². The van der Waals surface area contributed by atoms with Crippen LogP contribution in [0.5, 0.6) is 11.5 Å². The van der Waals surface area contributed by atoms with Gasteiger partial charge in [-0.05, 0) is 31.2 Å². The molecular weight excluding hydrogens is 410 g/mol. The van der Waals surface area contributed by atoms with E-state index in [2.05, 4.69) is 15.1 Å². The number of fused-ring (bicyclic) bond motifs is 1. The molecule has 0 atom stereocenters. The number of methoxy groups -OCH3 is 2. The van der Waals surface area contributed by atoms with E-state index in [0.29, 0.717) is 11.4 Å². The third-order valence-corrected chi connectivity index (χ3v) is 6.86. The van der Waals surface area contributed by atoms with Crippen molar-refractivity contribution in [2.75, 3.05) is 18.9 Å². The first-order valence-electron chi connectivity index (χ1n) is 8.70. The molecule has 2 aromatic heterocycles. The number of rotatable bonds is 6. The normalized spacial score (nSPS) is 11.6. The molecule has 0 aliphatic heterocycles. The number of aromatic nitrogens is 2. The van der Waals surface area contributed by atoms with E-state index in [0.717, 1.165) is 21.9 Å². The zero-order chi connectivity index (χ0) is 20.6. The average Bonchev–Trinajstić information content (AvgIpc) is 3.30. The van der Waals surface area contributed by atoms with Gasteiger partial charge in [-0.2, -0.15) is 0 Å². The van der Waals surface area contributed by atoms with Gasteiger partial charge in [-0.25, -0.2) is 13.4 Å². The number of imidazole rings is 1. The topological polar surface area (TPSA) is 81.9 Å². The van der Waals surface area contributed by atoms with Crippen LogP contribution in [-0.2, 0) is 10.0 Å². The summed E-state index contributed by atoms with van der Waals surface area (Å²) in [6, 6.07) is 11.7. The van der Waals surface area contributed by atoms with E-state index in [-0.39, 0.29) is 10.6 Å². The van der Waals surface area contributed by atoms with Crippen LogP contribution in [0.1, 0.15) is 5.69 Å². The van der Waals surface area contributed by atoms with Gasteiger partial charge in [-0.15, -0.1) is 11.3 Å². The molecule has 2 heterocycles. The summed E-state index contributed by atoms with van der Waals surface area (Å²) in [6.45, 7) is 2.03. The Labute approximate surface area is 172 Å². The predicted octanol–water partition coefficient (Wildman–Crippen LogP) is 4.19. The first kappa shape index (κ1) is 19.3. The molecule has 0 spiro atoms. The number of sulfonamides is 1. The minimum absolute atomic E-state index is 0.0368. The van der Waals surface area contributed by atoms with Crippen molar-refractivity contribution in [1.82, 2.24) is 9.38 Å². The second-order valence-electron chi connectivity index (χ2n) is 6.36. The fourth-order valence-corrected chi connectivity index (χ4v) is 5.01. The average molecular weight is 430 g/mol. The van der Waals surface area contributed by atoms with Crippen LogP contribution in [0.4, 0.5) is 5.69 Å². The van der Waals surface area contributed by atoms with E-state index in [1.807, 2.05) is 29.7 Å². The third kappa shape index (κ3) is 3.66. The van der Waals surface area contributed by atoms with Gasteiger partial charge in [0.1, 0.15) is 16.4 Å². The molecule has 9 heteroatoms. The lowest BCUT2D eigenvalue weighted by Crippen LogP contribution is -2.14. The van der Waals surface area contributed by atoms with Crippen LogP contribution in [0.25, 0.3) is 16.2 Å². The summed E-state index contributed by atoms with van der Waals surface area (Å²) in [7, 11) is -0.900. The van der Waals surface area contributed by atoms with Gasteiger partial charge in [-0.1, -0.05) is 12.1 Å². The summed E-state index contributed by atoms with van der Waals surface area (Å²) < 4.78 is 40.6. The number of nitrogens with zero attached hydrogens (tertiary/aromatic N) is 2. The summed E-state index contributed by atoms with van der Waals surface area (Å²) in [5, 5.41) is 2.05. The van der Waals surface area contributed by atoms with Crippen LogP contribution < -0.4 is 14.2 Å². The fourth-order valence-electron chi connectivity index (χ4n) is 2.95. The summed E-state index contributed by atoms with van der Waals surface area (Å²) >= 11 is 1.58. The van der Waals surface area contributed by atoms with Gasteiger partial charge in [0.15, 0.2) is 4.96 Å². The molecule has 0 fully saturated rings. The molecular formula is C20H19N3O4S2. The quantitative estimate of drug-likeness (QED) is 0.497. The van der Waals surface area contributed by atoms with Crippen molar-refractivity contribution in [3.8, 4) is 22.8 Å². The second-order valence-corrected chi connectivity index (χ2v) is 8.84. The lowest BCUT2D eigenvalue weighted by Gasteiger charge is -2.13. The van der Waals surface area contributed by atoms with Crippen LogP contribution in [-0.4, -0.2) is 32.0 Å². The molecule has 0 unspecified atom stereocenters. The van der Waals surface area contributed by atoms with Gasteiger partial charge >= 0.3 is 0 Å². The number of nitrogens with one attached hydrogen (secondary N) is 1. The largest absolute Gasteiger partial charge is 0.497 e. The summed E-state index contributed by atoms with van der Waals surface area (Å²) in [4.78, 5) is 5.57. The highest BCUT2D eigenvalue weighted by atomic mass is 32.2. The van der Waals surface area contributed by atoms with Gasteiger partial charge in [0.25, 0.3) is 10.0 Å². The molecule has 150 valence electrons. The molecule has 0 aliphatic rings. The van der Waals surface area contributed by atoms with Crippen LogP contribution in [0.15, 0.2) is 58.9 Å². The van der Waals surface area contributed by atoms with Gasteiger partial charge in [0.05, 0.1) is 19.9 Å². The van der Waals surface area contributed by atoms with E-state index in [4.69, 9.17) is 9.47 Å². The summed E-state index contributed by atoms with van der Waals surface area (Å²) in [5.74, 6) is 0.724. The molecule has 0 bridgehead atoms. The lowest BCUT2D eigenvalue weighted by molar-refractivity contribution is 0.386. The molecule has 7 nitrogen and oxygen atoms in total. The van der Waals surface area contributed by atoms with E-state index < -0.39 is 10.0 Å². The molecule has 4 rings (SSSR count). The van der Waals surface area contributed by atoms with Gasteiger partial charge < -0.3 is 9.47 Å². The van der Waals surface area contributed by atoms with Crippen molar-refractivity contribution >= 4 is 32.0 Å². The number of hydrogen-bond acceptors (Lipinski definition) is 6. The maximum Gasteiger partial charge on any atom is 0.265 e. The van der Waals surface area contributed by atoms with E-state index >= 15 is 0 Å². The Morgan fingerprint density at radius 2 is 1.83 bits per heavy atom. The van der Waals surface area contributed by atoms with Crippen molar-refractivity contribution in [2.24, 2.45) is 0 Å². The second kappa shape index (κ2) is 7.41. The fraction of sp³-hybridized carbons (Fsp3) is 0.150. The molecule has 2 aromatic carbocycles. The molecule has 0 saturated carbocycles. The van der Waals surface area contributed by atoms with E-state index in [1.165, 1.54) is 26.4 Å². The monoisotopic (exact) mass is 429 g/mol. The smallest absolute Gasteiger partial charge is 0.265 e. The standard InChI is InChI=1S/C20H19N3O4S2/c1-13-12-28-20-21-17(11-23(13)20)14-4-6-15(7-5-14)22-29(24,25)19-9-8-16(26-2)10-18(19)27-3/h4-12,22H,1-3H3. The van der Waals surface area contributed by atoms with Crippen LogP contribution >= 0.6 is 11.3 Å². The Kier molecular flexibility index (Phi) is 4.93. The highest BCUT2D eigenvalue weighted by molar-refractivity contribution is 7.92. The van der Waals surface area contributed by atoms with E-state index in [9.17, 15) is 8.42 Å². The Balaban J connectivity index is 1.59. The Hall–Kier alpha value is -3.04. The van der Waals surface area contributed by atoms with Crippen LogP contribution in [0.3, 0.4) is 0 Å². The number of anilines is 1. The molecule has 0 aliphatic carbocycles. The summed E-state index contributed by atoms with van der Waals surface area (Å²) in [5.41, 5.74) is 3.32. The Morgan fingerprint density at radius 3 is 2.48 bits per heavy atom. The van der Waals surface area contributed by atoms with Crippen LogP contribution in [0, 0.1) is 6.92 Å².